The highest BCUT2D eigenvalue weighted by molar-refractivity contribution is 5.79. The molecule has 5 rings (SSSR count). The molecule has 0 saturated heterocycles. The zero-order chi connectivity index (χ0) is 28.3. The number of hydrogen-bond donors (Lipinski definition) is 2. The van der Waals surface area contributed by atoms with E-state index in [4.69, 9.17) is 9.97 Å². The molecule has 2 aliphatic rings. The summed E-state index contributed by atoms with van der Waals surface area (Å²) in [5.41, 5.74) is 9.51. The Morgan fingerprint density at radius 1 is 0.585 bits per heavy atom. The second-order valence-corrected chi connectivity index (χ2v) is 11.6. The van der Waals surface area contributed by atoms with Crippen LogP contribution in [-0.4, -0.2) is 25.7 Å². The summed E-state index contributed by atoms with van der Waals surface area (Å²) in [6.07, 6.45) is 25.5. The molecule has 0 saturated carbocycles. The van der Waals surface area contributed by atoms with E-state index in [-0.39, 0.29) is 0 Å². The van der Waals surface area contributed by atoms with E-state index in [2.05, 4.69) is 76.7 Å². The number of aryl methyl sites for hydroxylation is 1. The van der Waals surface area contributed by atoms with Gasteiger partial charge in [0.2, 0.25) is 0 Å². The van der Waals surface area contributed by atoms with Crippen LogP contribution in [0, 0.1) is 0 Å². The smallest absolute Gasteiger partial charge is 0.129 e. The van der Waals surface area contributed by atoms with Crippen molar-refractivity contribution in [3.05, 3.63) is 70.8 Å². The number of nitrogens with zero attached hydrogens (tertiary/aromatic N) is 2. The van der Waals surface area contributed by atoms with Crippen LogP contribution in [0.2, 0.25) is 0 Å². The lowest BCUT2D eigenvalue weighted by molar-refractivity contribution is -0.117. The summed E-state index contributed by atoms with van der Waals surface area (Å²) in [5.74, 6) is 0.327. The van der Waals surface area contributed by atoms with Gasteiger partial charge in [-0.15, -0.1) is 0 Å². The largest absolute Gasteiger partial charge is 0.355 e. The number of aromatic amines is 2. The molecule has 2 aliphatic heterocycles. The molecule has 3 aromatic rings. The Hall–Kier alpha value is -3.73. The fourth-order valence-electron chi connectivity index (χ4n) is 5.77. The van der Waals surface area contributed by atoms with Gasteiger partial charge in [0.1, 0.15) is 5.78 Å². The Balaban J connectivity index is 1.17. The van der Waals surface area contributed by atoms with Gasteiger partial charge in [-0.25, -0.2) is 9.97 Å². The van der Waals surface area contributed by atoms with Crippen molar-refractivity contribution in [1.82, 2.24) is 19.9 Å². The van der Waals surface area contributed by atoms with Crippen molar-refractivity contribution in [2.45, 2.75) is 96.8 Å². The van der Waals surface area contributed by atoms with Crippen molar-refractivity contribution < 1.29 is 4.79 Å². The first kappa shape index (κ1) is 28.8. The highest BCUT2D eigenvalue weighted by atomic mass is 16.1. The summed E-state index contributed by atoms with van der Waals surface area (Å²) in [4.78, 5) is 27.9. The molecule has 41 heavy (non-hydrogen) atoms. The number of H-pyrrole nitrogens is 2. The van der Waals surface area contributed by atoms with Crippen LogP contribution >= 0.6 is 0 Å². The first-order valence-electron chi connectivity index (χ1n) is 15.7. The SMILES string of the molecule is CC(=O)CCCCCCCCCCCCCCc1c2nc(cc3ccc(cc4nc(cc5ccc1[nH]5)C=C4)[nH]3)C=C2. The van der Waals surface area contributed by atoms with Gasteiger partial charge in [0.25, 0.3) is 0 Å². The van der Waals surface area contributed by atoms with Crippen LogP contribution in [-0.2, 0) is 11.2 Å². The van der Waals surface area contributed by atoms with Gasteiger partial charge in [-0.3, -0.25) is 0 Å². The van der Waals surface area contributed by atoms with Crippen molar-refractivity contribution in [3.63, 3.8) is 0 Å². The molecule has 0 atom stereocenters. The fraction of sp³-hybridized carbons (Fsp3) is 0.417. The number of hydrogen-bond acceptors (Lipinski definition) is 3. The van der Waals surface area contributed by atoms with E-state index in [1.165, 1.54) is 76.2 Å². The van der Waals surface area contributed by atoms with Crippen LogP contribution in [0.4, 0.5) is 0 Å². The molecule has 5 nitrogen and oxygen atoms in total. The number of fused-ring (bicyclic) bond motifs is 8. The Labute approximate surface area is 244 Å². The van der Waals surface area contributed by atoms with Gasteiger partial charge >= 0.3 is 0 Å². The lowest BCUT2D eigenvalue weighted by atomic mass is 10.0. The molecular formula is C36H44N4O. The molecular weight excluding hydrogens is 504 g/mol. The highest BCUT2D eigenvalue weighted by Crippen LogP contribution is 2.23. The molecule has 2 N–H and O–H groups in total. The molecule has 0 aliphatic carbocycles. The zero-order valence-corrected chi connectivity index (χ0v) is 24.6. The van der Waals surface area contributed by atoms with Crippen LogP contribution in [0.5, 0.6) is 0 Å². The van der Waals surface area contributed by atoms with E-state index in [0.717, 1.165) is 64.1 Å². The minimum absolute atomic E-state index is 0.327. The number of rotatable bonds is 15. The molecule has 5 heteroatoms. The monoisotopic (exact) mass is 548 g/mol. The molecule has 0 unspecified atom stereocenters. The highest BCUT2D eigenvalue weighted by Gasteiger charge is 2.09. The van der Waals surface area contributed by atoms with Crippen LogP contribution in [0.25, 0.3) is 46.4 Å². The zero-order valence-electron chi connectivity index (χ0n) is 24.6. The van der Waals surface area contributed by atoms with E-state index >= 15 is 0 Å². The number of ketones is 1. The average molecular weight is 549 g/mol. The van der Waals surface area contributed by atoms with Gasteiger partial charge in [0.15, 0.2) is 0 Å². The van der Waals surface area contributed by atoms with Crippen molar-refractivity contribution in [3.8, 4) is 0 Å². The summed E-state index contributed by atoms with van der Waals surface area (Å²) in [6, 6.07) is 14.8. The average Bonchev–Trinajstić information content (AvgIpc) is 3.76. The molecule has 0 aromatic carbocycles. The Bertz CT molecular complexity index is 1540. The van der Waals surface area contributed by atoms with Crippen molar-refractivity contribution in [2.24, 2.45) is 0 Å². The lowest BCUT2D eigenvalue weighted by Crippen LogP contribution is -1.92. The van der Waals surface area contributed by atoms with Gasteiger partial charge in [-0.1, -0.05) is 64.2 Å². The minimum atomic E-state index is 0.327. The predicted molar refractivity (Wildman–Crippen MR) is 173 cm³/mol. The number of unbranched alkanes of at least 4 members (excludes halogenated alkanes) is 11. The fourth-order valence-corrected chi connectivity index (χ4v) is 5.77. The van der Waals surface area contributed by atoms with E-state index in [9.17, 15) is 4.79 Å². The summed E-state index contributed by atoms with van der Waals surface area (Å²) >= 11 is 0. The Kier molecular flexibility index (Phi) is 10.4. The summed E-state index contributed by atoms with van der Waals surface area (Å²) in [5, 5.41) is 0. The summed E-state index contributed by atoms with van der Waals surface area (Å²) in [6.45, 7) is 1.70. The molecule has 0 radical (unpaired) electrons. The summed E-state index contributed by atoms with van der Waals surface area (Å²) < 4.78 is 0. The molecule has 0 amide bonds. The van der Waals surface area contributed by atoms with Gasteiger partial charge < -0.3 is 14.8 Å². The third-order valence-corrected chi connectivity index (χ3v) is 8.03. The molecule has 0 spiro atoms. The van der Waals surface area contributed by atoms with Crippen molar-refractivity contribution in [1.29, 1.82) is 0 Å². The lowest BCUT2D eigenvalue weighted by Gasteiger charge is -2.05. The number of carbonyl (C=O) groups excluding carboxylic acids is 1. The maximum Gasteiger partial charge on any atom is 0.129 e. The Morgan fingerprint density at radius 3 is 1.68 bits per heavy atom. The third kappa shape index (κ3) is 8.88. The maximum atomic E-state index is 11.0. The standard InChI is InChI=1S/C36H44N4O/c1-27(41)14-12-10-8-6-4-2-3-5-7-9-11-13-15-34-35-22-20-32(39-35)25-30-18-16-28(37-30)24-29-17-19-31(38-29)26-33-21-23-36(34)40-33/h16-26,37,40H,2-15H2,1H3. The maximum absolute atomic E-state index is 11.0. The predicted octanol–water partition coefficient (Wildman–Crippen LogP) is 9.86. The van der Waals surface area contributed by atoms with E-state index in [0.29, 0.717) is 5.78 Å². The van der Waals surface area contributed by atoms with Gasteiger partial charge in [0.05, 0.1) is 22.8 Å². The molecule has 8 bridgehead atoms. The second kappa shape index (κ2) is 14.8. The number of nitrogens with one attached hydrogen (secondary N) is 2. The Morgan fingerprint density at radius 2 is 1.07 bits per heavy atom. The number of aromatic nitrogens is 4. The van der Waals surface area contributed by atoms with E-state index < -0.39 is 0 Å². The second-order valence-electron chi connectivity index (χ2n) is 11.6. The molecule has 0 fully saturated rings. The third-order valence-electron chi connectivity index (χ3n) is 8.03. The van der Waals surface area contributed by atoms with Gasteiger partial charge in [-0.2, -0.15) is 0 Å². The summed E-state index contributed by atoms with van der Waals surface area (Å²) in [7, 11) is 0. The first-order valence-corrected chi connectivity index (χ1v) is 15.7. The number of carbonyl (C=O) groups is 1. The van der Waals surface area contributed by atoms with Crippen molar-refractivity contribution in [2.75, 3.05) is 0 Å². The van der Waals surface area contributed by atoms with Gasteiger partial charge in [0, 0.05) is 34.1 Å². The van der Waals surface area contributed by atoms with Crippen molar-refractivity contribution >= 4 is 52.2 Å². The quantitative estimate of drug-likeness (QED) is 0.128. The normalized spacial score (nSPS) is 12.3. The molecule has 3 aromatic heterocycles. The van der Waals surface area contributed by atoms with E-state index in [1.807, 2.05) is 0 Å². The molecule has 5 heterocycles. The van der Waals surface area contributed by atoms with Crippen LogP contribution in [0.15, 0.2) is 42.5 Å². The first-order chi connectivity index (χ1) is 20.1. The van der Waals surface area contributed by atoms with Crippen LogP contribution in [0.3, 0.4) is 0 Å². The van der Waals surface area contributed by atoms with Gasteiger partial charge in [-0.05, 0) is 93.0 Å². The van der Waals surface area contributed by atoms with E-state index in [1.54, 1.807) is 6.92 Å². The topological polar surface area (TPSA) is 74.4 Å². The van der Waals surface area contributed by atoms with Crippen LogP contribution in [0.1, 0.15) is 119 Å². The number of Topliss-reactive ketones (excluding diaryl/α,β-unsaturated/α-hetero) is 1. The minimum Gasteiger partial charge on any atom is -0.355 e. The van der Waals surface area contributed by atoms with Crippen LogP contribution < -0.4 is 0 Å². The molecule has 214 valence electrons.